The van der Waals surface area contributed by atoms with Crippen molar-refractivity contribution in [3.63, 3.8) is 0 Å². The number of hydrogen-bond donors (Lipinski definition) is 2. The molecule has 2 aliphatic rings. The number of benzene rings is 2. The Bertz CT molecular complexity index is 961. The van der Waals surface area contributed by atoms with Crippen molar-refractivity contribution in [1.82, 2.24) is 20.2 Å². The lowest BCUT2D eigenvalue weighted by atomic mass is 10.0. The molecule has 0 aromatic heterocycles. The van der Waals surface area contributed by atoms with Gasteiger partial charge in [0, 0.05) is 62.5 Å². The van der Waals surface area contributed by atoms with Gasteiger partial charge in [-0.25, -0.2) is 5.48 Å². The van der Waals surface area contributed by atoms with Crippen LogP contribution >= 0.6 is 0 Å². The molecule has 2 unspecified atom stereocenters. The van der Waals surface area contributed by atoms with Gasteiger partial charge in [0.2, 0.25) is 0 Å². The minimum Gasteiger partial charge on any atom is -0.379 e. The van der Waals surface area contributed by atoms with Gasteiger partial charge in [-0.1, -0.05) is 24.3 Å². The van der Waals surface area contributed by atoms with Gasteiger partial charge in [0.1, 0.15) is 0 Å². The van der Waals surface area contributed by atoms with Crippen molar-refractivity contribution in [2.45, 2.75) is 39.0 Å². The van der Waals surface area contributed by atoms with Crippen molar-refractivity contribution in [1.29, 1.82) is 0 Å². The fraction of sp³-hybridized carbons (Fsp3) is 0.462. The van der Waals surface area contributed by atoms with E-state index in [1.165, 1.54) is 5.56 Å². The Balaban J connectivity index is 1.34. The van der Waals surface area contributed by atoms with Crippen molar-refractivity contribution < 1.29 is 19.5 Å². The molecule has 2 atom stereocenters. The number of carbonyl (C=O) groups is 2. The summed E-state index contributed by atoms with van der Waals surface area (Å²) >= 11 is 0. The third-order valence-corrected chi connectivity index (χ3v) is 6.66. The van der Waals surface area contributed by atoms with Crippen LogP contribution in [0.15, 0.2) is 48.5 Å². The smallest absolute Gasteiger partial charge is 0.274 e. The topological polar surface area (TPSA) is 85.4 Å². The van der Waals surface area contributed by atoms with Crippen LogP contribution in [0.3, 0.4) is 0 Å². The minimum absolute atomic E-state index is 0.0805. The van der Waals surface area contributed by atoms with Gasteiger partial charge in [0.15, 0.2) is 0 Å². The van der Waals surface area contributed by atoms with Gasteiger partial charge >= 0.3 is 0 Å². The number of nitrogens with one attached hydrogen (secondary N) is 1. The normalized spacial score (nSPS) is 21.9. The predicted octanol–water partition coefficient (Wildman–Crippen LogP) is 2.37. The highest BCUT2D eigenvalue weighted by molar-refractivity contribution is 5.95. The molecule has 2 aliphatic heterocycles. The van der Waals surface area contributed by atoms with Crippen LogP contribution in [0.5, 0.6) is 0 Å². The van der Waals surface area contributed by atoms with Crippen molar-refractivity contribution in [2.24, 2.45) is 0 Å². The number of nitrogens with zero attached hydrogens (tertiary/aromatic N) is 3. The Morgan fingerprint density at radius 1 is 0.853 bits per heavy atom. The molecule has 2 amide bonds. The monoisotopic (exact) mass is 466 g/mol. The number of ether oxygens (including phenoxy) is 1. The highest BCUT2D eigenvalue weighted by atomic mass is 16.5. The molecule has 2 heterocycles. The first-order valence-corrected chi connectivity index (χ1v) is 11.9. The van der Waals surface area contributed by atoms with Crippen LogP contribution in [0.4, 0.5) is 0 Å². The first-order valence-electron chi connectivity index (χ1n) is 11.9. The van der Waals surface area contributed by atoms with Crippen LogP contribution in [0.25, 0.3) is 0 Å². The van der Waals surface area contributed by atoms with Crippen LogP contribution in [-0.4, -0.2) is 83.2 Å². The number of hydrogen-bond acceptors (Lipinski definition) is 6. The predicted molar refractivity (Wildman–Crippen MR) is 129 cm³/mol. The van der Waals surface area contributed by atoms with Crippen molar-refractivity contribution >= 4 is 11.8 Å². The molecule has 2 fully saturated rings. The van der Waals surface area contributed by atoms with Crippen molar-refractivity contribution in [3.8, 4) is 0 Å². The van der Waals surface area contributed by atoms with E-state index >= 15 is 0 Å². The summed E-state index contributed by atoms with van der Waals surface area (Å²) < 4.78 is 5.42. The second-order valence-electron chi connectivity index (χ2n) is 9.33. The third kappa shape index (κ3) is 5.82. The largest absolute Gasteiger partial charge is 0.379 e. The number of hydroxylamine groups is 1. The van der Waals surface area contributed by atoms with E-state index in [0.29, 0.717) is 5.56 Å². The number of piperazine rings is 1. The summed E-state index contributed by atoms with van der Waals surface area (Å²) in [5.41, 5.74) is 5.10. The third-order valence-electron chi connectivity index (χ3n) is 6.66. The maximum Gasteiger partial charge on any atom is 0.274 e. The maximum atomic E-state index is 13.3. The lowest BCUT2D eigenvalue weighted by Crippen LogP contribution is -2.58. The van der Waals surface area contributed by atoms with Crippen LogP contribution < -0.4 is 5.48 Å². The Morgan fingerprint density at radius 2 is 1.35 bits per heavy atom. The molecule has 0 radical (unpaired) electrons. The lowest BCUT2D eigenvalue weighted by Gasteiger charge is -2.44. The van der Waals surface area contributed by atoms with Gasteiger partial charge in [0.25, 0.3) is 11.8 Å². The van der Waals surface area contributed by atoms with Crippen LogP contribution in [0, 0.1) is 0 Å². The number of rotatable bonds is 6. The van der Waals surface area contributed by atoms with Gasteiger partial charge < -0.3 is 9.64 Å². The fourth-order valence-electron chi connectivity index (χ4n) is 4.97. The van der Waals surface area contributed by atoms with Gasteiger partial charge in [-0.2, -0.15) is 0 Å². The lowest BCUT2D eigenvalue weighted by molar-refractivity contribution is 0.0268. The van der Waals surface area contributed by atoms with Gasteiger partial charge in [-0.3, -0.25) is 24.6 Å². The van der Waals surface area contributed by atoms with Crippen LogP contribution in [0.1, 0.15) is 45.7 Å². The number of morpholine rings is 1. The van der Waals surface area contributed by atoms with E-state index in [1.54, 1.807) is 17.6 Å². The fourth-order valence-corrected chi connectivity index (χ4v) is 4.97. The summed E-state index contributed by atoms with van der Waals surface area (Å²) in [5, 5.41) is 8.76. The molecule has 8 nitrogen and oxygen atoms in total. The highest BCUT2D eigenvalue weighted by Crippen LogP contribution is 2.21. The van der Waals surface area contributed by atoms with E-state index in [0.717, 1.165) is 63.6 Å². The van der Waals surface area contributed by atoms with E-state index in [1.807, 2.05) is 29.2 Å². The Morgan fingerprint density at radius 3 is 1.88 bits per heavy atom. The molecule has 8 heteroatoms. The molecule has 34 heavy (non-hydrogen) atoms. The SMILES string of the molecule is CC1CN(Cc2ccc(C(=O)NO)cc2)CC(C)N1C(=O)c1ccc(CN2CCOCC2)cc1. The first kappa shape index (κ1) is 24.3. The van der Waals surface area contributed by atoms with E-state index in [2.05, 4.69) is 35.8 Å². The molecular formula is C26H34N4O4. The Labute approximate surface area is 201 Å². The molecule has 2 saturated heterocycles. The molecular weight excluding hydrogens is 432 g/mol. The minimum atomic E-state index is -0.518. The van der Waals surface area contributed by atoms with E-state index < -0.39 is 5.91 Å². The summed E-state index contributed by atoms with van der Waals surface area (Å²) in [4.78, 5) is 31.6. The summed E-state index contributed by atoms with van der Waals surface area (Å²) in [6.45, 7) is 10.8. The summed E-state index contributed by atoms with van der Waals surface area (Å²) in [5.74, 6) is -0.438. The van der Waals surface area contributed by atoms with Gasteiger partial charge in [-0.05, 0) is 49.2 Å². The van der Waals surface area contributed by atoms with Crippen molar-refractivity contribution in [3.05, 3.63) is 70.8 Å². The zero-order valence-electron chi connectivity index (χ0n) is 19.9. The molecule has 0 aliphatic carbocycles. The van der Waals surface area contributed by atoms with Crippen molar-refractivity contribution in [2.75, 3.05) is 39.4 Å². The molecule has 2 aromatic carbocycles. The standard InChI is InChI=1S/C26H34N4O4/c1-19-15-29(18-22-3-7-23(8-4-22)25(31)27-33)16-20(2)30(19)26(32)24-9-5-21(6-10-24)17-28-11-13-34-14-12-28/h3-10,19-20,33H,11-18H2,1-2H3,(H,27,31). The zero-order valence-corrected chi connectivity index (χ0v) is 19.9. The van der Waals surface area contributed by atoms with Crippen LogP contribution in [-0.2, 0) is 17.8 Å². The molecule has 0 saturated carbocycles. The molecule has 0 bridgehead atoms. The summed E-state index contributed by atoms with van der Waals surface area (Å²) in [7, 11) is 0. The molecule has 2 aromatic rings. The number of amides is 2. The first-order chi connectivity index (χ1) is 16.4. The number of carbonyl (C=O) groups excluding carboxylic acids is 2. The molecule has 182 valence electrons. The molecule has 2 N–H and O–H groups in total. The Hall–Kier alpha value is -2.78. The van der Waals surface area contributed by atoms with E-state index in [-0.39, 0.29) is 18.0 Å². The summed E-state index contributed by atoms with van der Waals surface area (Å²) in [6.07, 6.45) is 0. The van der Waals surface area contributed by atoms with E-state index in [9.17, 15) is 9.59 Å². The highest BCUT2D eigenvalue weighted by Gasteiger charge is 2.33. The second-order valence-corrected chi connectivity index (χ2v) is 9.33. The average Bonchev–Trinajstić information content (AvgIpc) is 2.84. The Kier molecular flexibility index (Phi) is 7.95. The quantitative estimate of drug-likeness (QED) is 0.502. The summed E-state index contributed by atoms with van der Waals surface area (Å²) in [6, 6.07) is 15.4. The molecule has 0 spiro atoms. The van der Waals surface area contributed by atoms with Gasteiger partial charge in [-0.15, -0.1) is 0 Å². The second kappa shape index (κ2) is 11.1. The van der Waals surface area contributed by atoms with Gasteiger partial charge in [0.05, 0.1) is 13.2 Å². The van der Waals surface area contributed by atoms with E-state index in [4.69, 9.17) is 9.94 Å². The maximum absolute atomic E-state index is 13.3. The average molecular weight is 467 g/mol. The van der Waals surface area contributed by atoms with Crippen LogP contribution in [0.2, 0.25) is 0 Å². The molecule has 4 rings (SSSR count). The zero-order chi connectivity index (χ0) is 24.1.